The lowest BCUT2D eigenvalue weighted by atomic mass is 9.95. The highest BCUT2D eigenvalue weighted by atomic mass is 35.5. The first-order valence-electron chi connectivity index (χ1n) is 13.9. The lowest BCUT2D eigenvalue weighted by Crippen LogP contribution is -2.30. The molecular formula is C33H26ClN5O5. The molecule has 44 heavy (non-hydrogen) atoms. The van der Waals surface area contributed by atoms with E-state index in [1.807, 2.05) is 66.7 Å². The van der Waals surface area contributed by atoms with Gasteiger partial charge in [0.1, 0.15) is 11.4 Å². The van der Waals surface area contributed by atoms with Crippen LogP contribution >= 0.6 is 11.6 Å². The number of hydrogen-bond acceptors (Lipinski definition) is 5. The van der Waals surface area contributed by atoms with Crippen molar-refractivity contribution in [3.8, 4) is 5.75 Å². The number of ether oxygens (including phenoxy) is 1. The second-order valence-electron chi connectivity index (χ2n) is 10.5. The Morgan fingerprint density at radius 1 is 0.886 bits per heavy atom. The zero-order valence-electron chi connectivity index (χ0n) is 23.4. The minimum atomic E-state index is -0.754. The number of para-hydroxylation sites is 1. The van der Waals surface area contributed by atoms with Gasteiger partial charge in [-0.2, -0.15) is 5.48 Å². The number of aromatic amines is 2. The van der Waals surface area contributed by atoms with Crippen molar-refractivity contribution in [2.24, 2.45) is 0 Å². The van der Waals surface area contributed by atoms with E-state index in [1.165, 1.54) is 7.11 Å². The van der Waals surface area contributed by atoms with E-state index in [0.29, 0.717) is 40.9 Å². The van der Waals surface area contributed by atoms with Gasteiger partial charge in [-0.25, -0.2) is 4.79 Å². The summed E-state index contributed by atoms with van der Waals surface area (Å²) in [6, 6.07) is 26.0. The van der Waals surface area contributed by atoms with Crippen LogP contribution in [0.25, 0.3) is 32.6 Å². The minimum absolute atomic E-state index is 0.112. The minimum Gasteiger partial charge on any atom is -0.451 e. The van der Waals surface area contributed by atoms with E-state index in [1.54, 1.807) is 23.1 Å². The van der Waals surface area contributed by atoms with Crippen LogP contribution in [0.4, 0.5) is 16.2 Å². The van der Waals surface area contributed by atoms with Crippen LogP contribution in [-0.2, 0) is 4.74 Å². The lowest BCUT2D eigenvalue weighted by molar-refractivity contribution is 0.0982. The SMILES string of the molecule is COC(=O)NOc1cc2c(c3ccccc13)[C@H](CCl)CN2C(=O)c1cc2cc(NC(=O)c3cc4ccccc4[nH]3)ccc2[nH]1. The van der Waals surface area contributed by atoms with Gasteiger partial charge in [-0.3, -0.25) is 9.59 Å². The molecule has 0 bridgehead atoms. The Kier molecular flexibility index (Phi) is 6.83. The molecule has 3 amide bonds. The van der Waals surface area contributed by atoms with Crippen LogP contribution in [0, 0.1) is 0 Å². The number of amides is 3. The molecule has 2 aromatic heterocycles. The monoisotopic (exact) mass is 607 g/mol. The first-order chi connectivity index (χ1) is 21.4. The van der Waals surface area contributed by atoms with Crippen LogP contribution in [0.1, 0.15) is 32.5 Å². The van der Waals surface area contributed by atoms with Crippen LogP contribution in [0.15, 0.2) is 84.9 Å². The molecule has 4 aromatic carbocycles. The van der Waals surface area contributed by atoms with Gasteiger partial charge >= 0.3 is 6.09 Å². The van der Waals surface area contributed by atoms with Crippen LogP contribution in [0.5, 0.6) is 5.75 Å². The summed E-state index contributed by atoms with van der Waals surface area (Å²) in [6.45, 7) is 0.372. The van der Waals surface area contributed by atoms with Crippen molar-refractivity contribution in [2.45, 2.75) is 5.92 Å². The van der Waals surface area contributed by atoms with E-state index >= 15 is 0 Å². The fourth-order valence-corrected chi connectivity index (χ4v) is 6.07. The Balaban J connectivity index is 1.19. The summed E-state index contributed by atoms with van der Waals surface area (Å²) >= 11 is 6.42. The van der Waals surface area contributed by atoms with Crippen LogP contribution in [0.3, 0.4) is 0 Å². The molecule has 10 nitrogen and oxygen atoms in total. The Labute approximate surface area is 255 Å². The Morgan fingerprint density at radius 3 is 2.41 bits per heavy atom. The predicted octanol–water partition coefficient (Wildman–Crippen LogP) is 6.69. The van der Waals surface area contributed by atoms with E-state index in [4.69, 9.17) is 16.4 Å². The third-order valence-corrected chi connectivity index (χ3v) is 8.25. The molecule has 3 heterocycles. The van der Waals surface area contributed by atoms with E-state index in [2.05, 4.69) is 25.5 Å². The third kappa shape index (κ3) is 4.75. The summed E-state index contributed by atoms with van der Waals surface area (Å²) in [5.74, 6) is 0.0535. The maximum atomic E-state index is 14.0. The van der Waals surface area contributed by atoms with Gasteiger partial charge in [0.05, 0.1) is 12.8 Å². The van der Waals surface area contributed by atoms with Crippen molar-refractivity contribution in [3.63, 3.8) is 0 Å². The van der Waals surface area contributed by atoms with Gasteiger partial charge < -0.3 is 29.8 Å². The molecule has 0 saturated heterocycles. The zero-order valence-corrected chi connectivity index (χ0v) is 24.2. The molecule has 0 spiro atoms. The Morgan fingerprint density at radius 2 is 1.61 bits per heavy atom. The molecule has 0 unspecified atom stereocenters. The van der Waals surface area contributed by atoms with Crippen molar-refractivity contribution in [1.29, 1.82) is 0 Å². The second-order valence-corrected chi connectivity index (χ2v) is 10.8. The molecule has 220 valence electrons. The average Bonchev–Trinajstić information content (AvgIpc) is 3.78. The van der Waals surface area contributed by atoms with Gasteiger partial charge in [0, 0.05) is 57.3 Å². The quantitative estimate of drug-likeness (QED) is 0.124. The number of halogens is 1. The van der Waals surface area contributed by atoms with Crippen molar-refractivity contribution < 1.29 is 24.0 Å². The number of carbonyl (C=O) groups is 3. The standard InChI is InChI=1S/C33H26ClN5O5/c1-43-33(42)38-44-29-15-28-30(23-8-4-3-7-22(23)29)20(16-34)17-39(28)32(41)27-14-19-12-21(10-11-25(19)37-27)35-31(40)26-13-18-6-2-5-9-24(18)36-26/h2-15,20,36-37H,16-17H2,1H3,(H,35,40)(H,38,42)/t20-/m1/s1. The highest BCUT2D eigenvalue weighted by Gasteiger charge is 2.35. The topological polar surface area (TPSA) is 129 Å². The average molecular weight is 608 g/mol. The number of alkyl halides is 1. The molecular weight excluding hydrogens is 582 g/mol. The number of hydroxylamine groups is 1. The third-order valence-electron chi connectivity index (χ3n) is 7.87. The zero-order chi connectivity index (χ0) is 30.4. The number of rotatable bonds is 6. The highest BCUT2D eigenvalue weighted by Crippen LogP contribution is 2.46. The summed E-state index contributed by atoms with van der Waals surface area (Å²) in [5, 5.41) is 6.29. The van der Waals surface area contributed by atoms with Crippen molar-refractivity contribution in [3.05, 3.63) is 102 Å². The predicted molar refractivity (Wildman–Crippen MR) is 170 cm³/mol. The Bertz CT molecular complexity index is 2070. The van der Waals surface area contributed by atoms with E-state index in [-0.39, 0.29) is 17.7 Å². The van der Waals surface area contributed by atoms with Crippen molar-refractivity contribution in [2.75, 3.05) is 29.8 Å². The first-order valence-corrected chi connectivity index (χ1v) is 14.4. The van der Waals surface area contributed by atoms with Gasteiger partial charge in [-0.1, -0.05) is 42.5 Å². The summed E-state index contributed by atoms with van der Waals surface area (Å²) in [7, 11) is 1.24. The second kappa shape index (κ2) is 11.0. The molecule has 7 rings (SSSR count). The fourth-order valence-electron chi connectivity index (χ4n) is 5.82. The number of benzene rings is 4. The number of carbonyl (C=O) groups excluding carboxylic acids is 3. The number of anilines is 2. The number of H-pyrrole nitrogens is 2. The van der Waals surface area contributed by atoms with Crippen molar-refractivity contribution >= 4 is 73.5 Å². The maximum absolute atomic E-state index is 14.0. The highest BCUT2D eigenvalue weighted by molar-refractivity contribution is 6.19. The number of hydrogen-bond donors (Lipinski definition) is 4. The van der Waals surface area contributed by atoms with Gasteiger partial charge in [0.15, 0.2) is 5.75 Å². The number of aromatic nitrogens is 2. The number of methoxy groups -OCH3 is 1. The molecule has 11 heteroatoms. The molecule has 0 radical (unpaired) electrons. The molecule has 0 aliphatic carbocycles. The van der Waals surface area contributed by atoms with E-state index in [9.17, 15) is 14.4 Å². The number of nitrogens with one attached hydrogen (secondary N) is 4. The summed E-state index contributed by atoms with van der Waals surface area (Å²) in [4.78, 5) is 52.3. The molecule has 1 aliphatic rings. The summed E-state index contributed by atoms with van der Waals surface area (Å²) in [6.07, 6.45) is -0.754. The molecule has 6 aromatic rings. The summed E-state index contributed by atoms with van der Waals surface area (Å²) in [5.41, 5.74) is 6.90. The van der Waals surface area contributed by atoms with Gasteiger partial charge in [0.25, 0.3) is 11.8 Å². The number of nitrogens with zero attached hydrogens (tertiary/aromatic N) is 1. The van der Waals surface area contributed by atoms with Gasteiger partial charge in [-0.15, -0.1) is 11.6 Å². The largest absolute Gasteiger partial charge is 0.451 e. The molecule has 4 N–H and O–H groups in total. The van der Waals surface area contributed by atoms with E-state index < -0.39 is 6.09 Å². The van der Waals surface area contributed by atoms with Crippen molar-refractivity contribution in [1.82, 2.24) is 15.4 Å². The van der Waals surface area contributed by atoms with Crippen LogP contribution in [-0.4, -0.2) is 47.4 Å². The van der Waals surface area contributed by atoms with Gasteiger partial charge in [0.2, 0.25) is 0 Å². The molecule has 1 aliphatic heterocycles. The first kappa shape index (κ1) is 27.4. The van der Waals surface area contributed by atoms with Crippen LogP contribution in [0.2, 0.25) is 0 Å². The van der Waals surface area contributed by atoms with Crippen LogP contribution < -0.4 is 20.5 Å². The normalized spacial score (nSPS) is 14.1. The Hall–Kier alpha value is -5.48. The smallest absolute Gasteiger partial charge is 0.440 e. The fraction of sp³-hybridized carbons (Fsp3) is 0.121. The lowest BCUT2D eigenvalue weighted by Gasteiger charge is -2.18. The number of fused-ring (bicyclic) bond motifs is 5. The summed E-state index contributed by atoms with van der Waals surface area (Å²) < 4.78 is 4.64. The molecule has 0 fully saturated rings. The van der Waals surface area contributed by atoms with E-state index in [0.717, 1.165) is 38.1 Å². The van der Waals surface area contributed by atoms with Gasteiger partial charge in [-0.05, 0) is 47.3 Å². The molecule has 1 atom stereocenters. The molecule has 0 saturated carbocycles. The maximum Gasteiger partial charge on any atom is 0.440 e.